The first-order valence-corrected chi connectivity index (χ1v) is 11.1. The maximum atomic E-state index is 11.3. The van der Waals surface area contributed by atoms with Crippen LogP contribution in [0.25, 0.3) is 0 Å². The summed E-state index contributed by atoms with van der Waals surface area (Å²) in [5, 5.41) is 7.68. The lowest BCUT2D eigenvalue weighted by atomic mass is 9.90. The van der Waals surface area contributed by atoms with Gasteiger partial charge < -0.3 is 10.6 Å². The van der Waals surface area contributed by atoms with E-state index in [4.69, 9.17) is 0 Å². The van der Waals surface area contributed by atoms with E-state index in [0.717, 1.165) is 30.4 Å². The van der Waals surface area contributed by atoms with Crippen molar-refractivity contribution in [3.05, 3.63) is 16.1 Å². The second-order valence-electron chi connectivity index (χ2n) is 6.72. The largest absolute Gasteiger partial charge is 0.356 e. The van der Waals surface area contributed by atoms with Gasteiger partial charge in [-0.3, -0.25) is 4.99 Å². The molecule has 0 aliphatic rings. The fraction of sp³-hybridized carbons (Fsp3) is 0.750. The number of nitrogens with one attached hydrogen (secondary N) is 2. The van der Waals surface area contributed by atoms with Gasteiger partial charge in [0.05, 0.1) is 10.8 Å². The number of aryl methyl sites for hydroxylation is 1. The molecule has 9 heteroatoms. The highest BCUT2D eigenvalue weighted by Gasteiger charge is 2.20. The zero-order valence-electron chi connectivity index (χ0n) is 15.8. The first-order chi connectivity index (χ1) is 11.1. The van der Waals surface area contributed by atoms with E-state index in [1.165, 1.54) is 11.1 Å². The van der Waals surface area contributed by atoms with Gasteiger partial charge in [0.15, 0.2) is 5.96 Å². The smallest absolute Gasteiger partial charge is 0.191 e. The first kappa shape index (κ1) is 24.6. The van der Waals surface area contributed by atoms with Crippen LogP contribution in [0.5, 0.6) is 0 Å². The lowest BCUT2D eigenvalue weighted by Gasteiger charge is -2.25. The van der Waals surface area contributed by atoms with Crippen LogP contribution < -0.4 is 10.6 Å². The Labute approximate surface area is 173 Å². The van der Waals surface area contributed by atoms with Crippen LogP contribution in [0.2, 0.25) is 0 Å². The molecule has 6 nitrogen and oxygen atoms in total. The summed E-state index contributed by atoms with van der Waals surface area (Å²) >= 11 is 1.75. The standard InChI is InChI=1S/C16H30N4O2S2.HI/c1-6-13-11-19-14(23-13)7-9-18-15(17-4)20-12-16(2,3)8-10-24(5,21)22;/h11H,6-10,12H2,1-5H3,(H2,17,18,20);1H. The minimum atomic E-state index is -2.93. The Balaban J connectivity index is 0.00000576. The van der Waals surface area contributed by atoms with Gasteiger partial charge in [0.25, 0.3) is 0 Å². The van der Waals surface area contributed by atoms with Crippen molar-refractivity contribution >= 4 is 51.1 Å². The highest BCUT2D eigenvalue weighted by Crippen LogP contribution is 2.19. The third-order valence-corrected chi connectivity index (χ3v) is 5.84. The molecule has 0 fully saturated rings. The quantitative estimate of drug-likeness (QED) is 0.308. The zero-order chi connectivity index (χ0) is 18.2. The van der Waals surface area contributed by atoms with Crippen LogP contribution in [-0.2, 0) is 22.7 Å². The van der Waals surface area contributed by atoms with Crippen LogP contribution in [0.4, 0.5) is 0 Å². The molecule has 1 aromatic rings. The molecule has 0 aliphatic carbocycles. The number of rotatable bonds is 9. The van der Waals surface area contributed by atoms with Crippen LogP contribution in [0.3, 0.4) is 0 Å². The van der Waals surface area contributed by atoms with E-state index in [2.05, 4.69) is 41.4 Å². The van der Waals surface area contributed by atoms with Crippen LogP contribution in [-0.4, -0.2) is 51.5 Å². The molecular weight excluding hydrogens is 471 g/mol. The van der Waals surface area contributed by atoms with Gasteiger partial charge in [-0.05, 0) is 18.3 Å². The molecule has 0 aromatic carbocycles. The summed E-state index contributed by atoms with van der Waals surface area (Å²) in [5.41, 5.74) is -0.119. The Bertz CT molecular complexity index is 642. The second kappa shape index (κ2) is 11.3. The normalized spacial score (nSPS) is 12.6. The van der Waals surface area contributed by atoms with E-state index in [9.17, 15) is 8.42 Å². The molecular formula is C16H31IN4O2S2. The molecule has 0 saturated carbocycles. The molecule has 0 spiro atoms. The van der Waals surface area contributed by atoms with Crippen LogP contribution in [0, 0.1) is 5.41 Å². The Morgan fingerprint density at radius 1 is 1.36 bits per heavy atom. The summed E-state index contributed by atoms with van der Waals surface area (Å²) in [4.78, 5) is 9.92. The van der Waals surface area contributed by atoms with Gasteiger partial charge >= 0.3 is 0 Å². The van der Waals surface area contributed by atoms with E-state index in [1.807, 2.05) is 6.20 Å². The predicted molar refractivity (Wildman–Crippen MR) is 118 cm³/mol. The van der Waals surface area contributed by atoms with Crippen LogP contribution in [0.15, 0.2) is 11.2 Å². The Kier molecular flexibility index (Phi) is 11.1. The topological polar surface area (TPSA) is 83.4 Å². The number of nitrogens with zero attached hydrogens (tertiary/aromatic N) is 2. The van der Waals surface area contributed by atoms with Gasteiger partial charge in [-0.2, -0.15) is 0 Å². The SMILES string of the molecule is CCc1cnc(CCNC(=NC)NCC(C)(C)CCS(C)(=O)=O)s1.I. The predicted octanol–water partition coefficient (Wildman–Crippen LogP) is 2.49. The fourth-order valence-corrected chi connectivity index (χ4v) is 3.79. The number of halogens is 1. The molecule has 0 bridgehead atoms. The van der Waals surface area contributed by atoms with Crippen molar-refractivity contribution in [3.8, 4) is 0 Å². The van der Waals surface area contributed by atoms with Crippen molar-refractivity contribution in [1.29, 1.82) is 0 Å². The van der Waals surface area contributed by atoms with Gasteiger partial charge in [-0.15, -0.1) is 35.3 Å². The van der Waals surface area contributed by atoms with Crippen molar-refractivity contribution < 1.29 is 8.42 Å². The summed E-state index contributed by atoms with van der Waals surface area (Å²) in [6, 6.07) is 0. The maximum absolute atomic E-state index is 11.3. The Morgan fingerprint density at radius 3 is 2.56 bits per heavy atom. The molecule has 0 amide bonds. The van der Waals surface area contributed by atoms with Crippen molar-refractivity contribution in [2.24, 2.45) is 10.4 Å². The molecule has 0 saturated heterocycles. The van der Waals surface area contributed by atoms with Gasteiger partial charge in [0.1, 0.15) is 9.84 Å². The van der Waals surface area contributed by atoms with Gasteiger partial charge in [0.2, 0.25) is 0 Å². The molecule has 146 valence electrons. The summed E-state index contributed by atoms with van der Waals surface area (Å²) in [5.74, 6) is 0.937. The van der Waals surface area contributed by atoms with Gasteiger partial charge in [-0.25, -0.2) is 13.4 Å². The molecule has 0 radical (unpaired) electrons. The number of thiazole rings is 1. The Hall–Kier alpha value is -0.420. The summed E-state index contributed by atoms with van der Waals surface area (Å²) < 4.78 is 22.6. The van der Waals surface area contributed by atoms with E-state index in [1.54, 1.807) is 18.4 Å². The van der Waals surface area contributed by atoms with Gasteiger partial charge in [-0.1, -0.05) is 20.8 Å². The summed E-state index contributed by atoms with van der Waals surface area (Å²) in [6.45, 7) is 7.67. The summed E-state index contributed by atoms with van der Waals surface area (Å²) in [6.07, 6.45) is 5.73. The molecule has 25 heavy (non-hydrogen) atoms. The van der Waals surface area contributed by atoms with E-state index in [-0.39, 0.29) is 35.1 Å². The number of hydrogen-bond donors (Lipinski definition) is 2. The van der Waals surface area contributed by atoms with Crippen molar-refractivity contribution in [2.75, 3.05) is 32.1 Å². The molecule has 0 atom stereocenters. The molecule has 1 aromatic heterocycles. The monoisotopic (exact) mass is 502 g/mol. The Morgan fingerprint density at radius 2 is 2.04 bits per heavy atom. The number of aromatic nitrogens is 1. The van der Waals surface area contributed by atoms with E-state index >= 15 is 0 Å². The fourth-order valence-electron chi connectivity index (χ4n) is 2.01. The molecule has 0 aliphatic heterocycles. The zero-order valence-corrected chi connectivity index (χ0v) is 19.7. The number of hydrogen-bond acceptors (Lipinski definition) is 5. The third-order valence-electron chi connectivity index (χ3n) is 3.69. The molecule has 1 rings (SSSR count). The number of aliphatic imine (C=N–C) groups is 1. The van der Waals surface area contributed by atoms with Crippen molar-refractivity contribution in [1.82, 2.24) is 15.6 Å². The lowest BCUT2D eigenvalue weighted by Crippen LogP contribution is -2.43. The van der Waals surface area contributed by atoms with Crippen LogP contribution in [0.1, 0.15) is 37.1 Å². The average molecular weight is 502 g/mol. The molecule has 2 N–H and O–H groups in total. The summed E-state index contributed by atoms with van der Waals surface area (Å²) in [7, 11) is -1.19. The highest BCUT2D eigenvalue weighted by molar-refractivity contribution is 14.0. The second-order valence-corrected chi connectivity index (χ2v) is 10.2. The first-order valence-electron chi connectivity index (χ1n) is 8.21. The third kappa shape index (κ3) is 11.0. The van der Waals surface area contributed by atoms with E-state index < -0.39 is 9.84 Å². The number of sulfone groups is 1. The van der Waals surface area contributed by atoms with Crippen molar-refractivity contribution in [3.63, 3.8) is 0 Å². The average Bonchev–Trinajstić information content (AvgIpc) is 2.96. The maximum Gasteiger partial charge on any atom is 0.191 e. The van der Waals surface area contributed by atoms with Crippen molar-refractivity contribution in [2.45, 2.75) is 40.0 Å². The van der Waals surface area contributed by atoms with E-state index in [0.29, 0.717) is 13.0 Å². The highest BCUT2D eigenvalue weighted by atomic mass is 127. The minimum Gasteiger partial charge on any atom is -0.356 e. The lowest BCUT2D eigenvalue weighted by molar-refractivity contribution is 0.348. The van der Waals surface area contributed by atoms with Gasteiger partial charge in [0, 0.05) is 43.9 Å². The molecule has 0 unspecified atom stereocenters. The minimum absolute atomic E-state index is 0. The number of guanidine groups is 1. The molecule has 1 heterocycles. The van der Waals surface area contributed by atoms with Crippen LogP contribution >= 0.6 is 35.3 Å².